The van der Waals surface area contributed by atoms with Crippen molar-refractivity contribution < 1.29 is 4.39 Å². The third kappa shape index (κ3) is 4.78. The molecule has 2 aliphatic rings. The minimum absolute atomic E-state index is 0.286. The Kier molecular flexibility index (Phi) is 7.05. The van der Waals surface area contributed by atoms with E-state index in [-0.39, 0.29) is 5.82 Å². The van der Waals surface area contributed by atoms with Crippen molar-refractivity contribution in [3.63, 3.8) is 0 Å². The molecule has 0 spiro atoms. The summed E-state index contributed by atoms with van der Waals surface area (Å²) in [7, 11) is 2.16. The summed E-state index contributed by atoms with van der Waals surface area (Å²) in [4.78, 5) is 19.4. The van der Waals surface area contributed by atoms with Gasteiger partial charge in [-0.05, 0) is 96.2 Å². The number of nitrogens with zero attached hydrogens (tertiary/aromatic N) is 5. The van der Waals surface area contributed by atoms with E-state index in [9.17, 15) is 0 Å². The Morgan fingerprint density at radius 2 is 1.82 bits per heavy atom. The first-order valence-electron chi connectivity index (χ1n) is 14.2. The van der Waals surface area contributed by atoms with Gasteiger partial charge in [0.05, 0.1) is 10.9 Å². The summed E-state index contributed by atoms with van der Waals surface area (Å²) >= 11 is 0. The Hall–Kier alpha value is -3.04. The zero-order chi connectivity index (χ0) is 26.2. The number of aromatic nitrogens is 5. The van der Waals surface area contributed by atoms with Crippen LogP contribution < -0.4 is 10.6 Å². The number of rotatable bonds is 7. The maximum atomic E-state index is 15.5. The number of fused-ring (bicyclic) bond motifs is 2. The maximum absolute atomic E-state index is 15.5. The lowest BCUT2D eigenvalue weighted by atomic mass is 9.91. The van der Waals surface area contributed by atoms with Crippen molar-refractivity contribution in [1.29, 1.82) is 0 Å². The van der Waals surface area contributed by atoms with Crippen molar-refractivity contribution in [2.24, 2.45) is 0 Å². The van der Waals surface area contributed by atoms with E-state index in [1.807, 2.05) is 13.1 Å². The van der Waals surface area contributed by atoms with Gasteiger partial charge in [0.25, 0.3) is 0 Å². The summed E-state index contributed by atoms with van der Waals surface area (Å²) in [5, 5.41) is 8.28. The molecule has 3 N–H and O–H groups in total. The summed E-state index contributed by atoms with van der Waals surface area (Å²) in [6.45, 7) is 7.36. The van der Waals surface area contributed by atoms with Gasteiger partial charge in [-0.25, -0.2) is 19.3 Å². The molecule has 2 fully saturated rings. The van der Waals surface area contributed by atoms with Gasteiger partial charge in [-0.3, -0.25) is 0 Å². The van der Waals surface area contributed by atoms with Gasteiger partial charge in [0, 0.05) is 29.9 Å². The molecule has 0 amide bonds. The van der Waals surface area contributed by atoms with E-state index in [0.717, 1.165) is 104 Å². The molecule has 1 aliphatic carbocycles. The number of halogens is 1. The second-order valence-electron chi connectivity index (χ2n) is 11.2. The molecule has 202 valence electrons. The third-order valence-electron chi connectivity index (χ3n) is 8.51. The van der Waals surface area contributed by atoms with Crippen molar-refractivity contribution >= 4 is 27.9 Å². The Morgan fingerprint density at radius 3 is 2.58 bits per heavy atom. The van der Waals surface area contributed by atoms with Crippen LogP contribution in [0.4, 0.5) is 10.2 Å². The highest BCUT2D eigenvalue weighted by Gasteiger charge is 2.25. The number of aryl methyl sites for hydroxylation is 1. The molecule has 1 aliphatic heterocycles. The molecule has 4 heterocycles. The number of aromatic amines is 1. The minimum Gasteiger partial charge on any atom is -0.367 e. The molecular formula is C29H39FN8. The Labute approximate surface area is 223 Å². The largest absolute Gasteiger partial charge is 0.367 e. The lowest BCUT2D eigenvalue weighted by molar-refractivity contribution is 0.222. The molecule has 0 bridgehead atoms. The van der Waals surface area contributed by atoms with Crippen LogP contribution in [-0.4, -0.2) is 68.2 Å². The van der Waals surface area contributed by atoms with Crippen LogP contribution in [0.1, 0.15) is 63.7 Å². The van der Waals surface area contributed by atoms with Crippen LogP contribution in [-0.2, 0) is 0 Å². The van der Waals surface area contributed by atoms with E-state index in [4.69, 9.17) is 0 Å². The number of anilines is 1. The maximum Gasteiger partial charge on any atom is 0.151 e. The zero-order valence-electron chi connectivity index (χ0n) is 22.7. The van der Waals surface area contributed by atoms with Gasteiger partial charge in [-0.1, -0.05) is 6.92 Å². The number of piperidine rings is 1. The number of imidazole rings is 1. The van der Waals surface area contributed by atoms with E-state index in [2.05, 4.69) is 60.1 Å². The summed E-state index contributed by atoms with van der Waals surface area (Å²) in [5.74, 6) is 1.40. The fourth-order valence-corrected chi connectivity index (χ4v) is 6.42. The molecule has 6 rings (SSSR count). The molecular weight excluding hydrogens is 479 g/mol. The van der Waals surface area contributed by atoms with E-state index in [1.54, 1.807) is 12.4 Å². The lowest BCUT2D eigenvalue weighted by Gasteiger charge is -2.31. The van der Waals surface area contributed by atoms with Crippen LogP contribution in [0.5, 0.6) is 0 Å². The van der Waals surface area contributed by atoms with E-state index in [0.29, 0.717) is 23.6 Å². The van der Waals surface area contributed by atoms with Gasteiger partial charge in [-0.15, -0.1) is 0 Å². The Bertz CT molecular complexity index is 1410. The standard InChI is InChI=1S/C29H39FN8/c1-4-11-31-20-5-7-21(8-6-20)36-29-26-23(16-32-28(26)33-17-34-29)19-14-24(30)27-25(15-19)38(18(2)35-27)22-9-12-37(3)13-10-22/h14-17,20-22,31H,4-13H2,1-3H3,(H2,32,33,34,36). The molecule has 1 saturated carbocycles. The van der Waals surface area contributed by atoms with Crippen LogP contribution >= 0.6 is 0 Å². The minimum atomic E-state index is -0.286. The number of nitrogens with one attached hydrogen (secondary N) is 3. The van der Waals surface area contributed by atoms with Crippen LogP contribution in [0.25, 0.3) is 33.2 Å². The number of hydrogen-bond acceptors (Lipinski definition) is 6. The van der Waals surface area contributed by atoms with Gasteiger partial charge in [0.1, 0.15) is 29.1 Å². The predicted octanol–water partition coefficient (Wildman–Crippen LogP) is 5.41. The second kappa shape index (κ2) is 10.6. The average Bonchev–Trinajstić information content (AvgIpc) is 3.51. The number of benzene rings is 1. The summed E-state index contributed by atoms with van der Waals surface area (Å²) in [5.41, 5.74) is 3.81. The molecule has 3 aromatic heterocycles. The zero-order valence-corrected chi connectivity index (χ0v) is 22.7. The van der Waals surface area contributed by atoms with Crippen molar-refractivity contribution in [3.8, 4) is 11.1 Å². The Morgan fingerprint density at radius 1 is 1.05 bits per heavy atom. The van der Waals surface area contributed by atoms with E-state index < -0.39 is 0 Å². The smallest absolute Gasteiger partial charge is 0.151 e. The summed E-state index contributed by atoms with van der Waals surface area (Å²) in [6, 6.07) is 5.01. The molecule has 4 aromatic rings. The molecule has 0 unspecified atom stereocenters. The van der Waals surface area contributed by atoms with Crippen molar-refractivity contribution in [2.75, 3.05) is 32.0 Å². The number of hydrogen-bond donors (Lipinski definition) is 3. The van der Waals surface area contributed by atoms with Crippen molar-refractivity contribution in [1.82, 2.24) is 34.7 Å². The van der Waals surface area contributed by atoms with E-state index >= 15 is 4.39 Å². The molecule has 1 aromatic carbocycles. The first-order chi connectivity index (χ1) is 18.5. The third-order valence-corrected chi connectivity index (χ3v) is 8.51. The van der Waals surface area contributed by atoms with Gasteiger partial charge in [-0.2, -0.15) is 0 Å². The number of H-pyrrole nitrogens is 1. The normalized spacial score (nSPS) is 21.5. The van der Waals surface area contributed by atoms with Crippen molar-refractivity contribution in [2.45, 2.75) is 76.9 Å². The van der Waals surface area contributed by atoms with Crippen LogP contribution in [0.15, 0.2) is 24.7 Å². The lowest BCUT2D eigenvalue weighted by Crippen LogP contribution is -2.37. The molecule has 1 saturated heterocycles. The SMILES string of the molecule is CCCNC1CCC(Nc2ncnc3[nH]cc(-c4cc(F)c5nc(C)n(C6CCN(C)CC6)c5c4)c23)CC1. The summed E-state index contributed by atoms with van der Waals surface area (Å²) in [6.07, 6.45) is 11.3. The van der Waals surface area contributed by atoms with Gasteiger partial charge in [0.2, 0.25) is 0 Å². The van der Waals surface area contributed by atoms with Crippen LogP contribution in [0.3, 0.4) is 0 Å². The van der Waals surface area contributed by atoms with Gasteiger partial charge in [0.15, 0.2) is 5.82 Å². The molecule has 38 heavy (non-hydrogen) atoms. The van der Waals surface area contributed by atoms with Gasteiger partial charge >= 0.3 is 0 Å². The first kappa shape index (κ1) is 25.2. The molecule has 0 radical (unpaired) electrons. The van der Waals surface area contributed by atoms with Crippen molar-refractivity contribution in [3.05, 3.63) is 36.3 Å². The van der Waals surface area contributed by atoms with E-state index in [1.165, 1.54) is 0 Å². The first-order valence-corrected chi connectivity index (χ1v) is 14.2. The second-order valence-corrected chi connectivity index (χ2v) is 11.2. The highest BCUT2D eigenvalue weighted by molar-refractivity contribution is 6.02. The number of likely N-dealkylation sites (tertiary alicyclic amines) is 1. The quantitative estimate of drug-likeness (QED) is 0.303. The molecule has 9 heteroatoms. The molecule has 8 nitrogen and oxygen atoms in total. The van der Waals surface area contributed by atoms with Crippen LogP contribution in [0, 0.1) is 12.7 Å². The highest BCUT2D eigenvalue weighted by Crippen LogP contribution is 2.37. The van der Waals surface area contributed by atoms with Crippen LogP contribution in [0.2, 0.25) is 0 Å². The summed E-state index contributed by atoms with van der Waals surface area (Å²) < 4.78 is 17.8. The monoisotopic (exact) mass is 518 g/mol. The fraction of sp³-hybridized carbons (Fsp3) is 0.552. The predicted molar refractivity (Wildman–Crippen MR) is 151 cm³/mol. The topological polar surface area (TPSA) is 86.7 Å². The molecule has 0 atom stereocenters. The van der Waals surface area contributed by atoms with Gasteiger partial charge < -0.3 is 25.1 Å². The average molecular weight is 519 g/mol. The highest BCUT2D eigenvalue weighted by atomic mass is 19.1. The Balaban J connectivity index is 1.33. The fourth-order valence-electron chi connectivity index (χ4n) is 6.42.